The Hall–Kier alpha value is -0.900. The number of rotatable bonds is 7. The monoisotopic (exact) mass is 279 g/mol. The predicted octanol–water partition coefficient (Wildman–Crippen LogP) is 2.82. The van der Waals surface area contributed by atoms with Crippen LogP contribution in [0.1, 0.15) is 45.2 Å². The highest BCUT2D eigenvalue weighted by molar-refractivity contribution is 5.30. The Kier molecular flexibility index (Phi) is 6.18. The fourth-order valence-corrected chi connectivity index (χ4v) is 2.10. The first-order valence-electron chi connectivity index (χ1n) is 7.30. The van der Waals surface area contributed by atoms with Gasteiger partial charge in [0.15, 0.2) is 0 Å². The molecule has 3 heteroatoms. The first-order valence-corrected chi connectivity index (χ1v) is 7.30. The van der Waals surface area contributed by atoms with Crippen molar-refractivity contribution in [3.05, 3.63) is 35.4 Å². The molecule has 0 bridgehead atoms. The lowest BCUT2D eigenvalue weighted by Crippen LogP contribution is -2.29. The quantitative estimate of drug-likeness (QED) is 0.754. The van der Waals surface area contributed by atoms with Crippen LogP contribution in [0.5, 0.6) is 0 Å². The van der Waals surface area contributed by atoms with Gasteiger partial charge < -0.3 is 15.2 Å². The summed E-state index contributed by atoms with van der Waals surface area (Å²) in [4.78, 5) is 0. The lowest BCUT2D eigenvalue weighted by atomic mass is 9.84. The minimum atomic E-state index is -0.795. The van der Waals surface area contributed by atoms with Gasteiger partial charge in [-0.15, -0.1) is 0 Å². The fraction of sp³-hybridized carbons (Fsp3) is 0.647. The van der Waals surface area contributed by atoms with Gasteiger partial charge in [0.05, 0.1) is 12.2 Å². The van der Waals surface area contributed by atoms with Crippen LogP contribution in [0.25, 0.3) is 0 Å². The van der Waals surface area contributed by atoms with Gasteiger partial charge in [0.1, 0.15) is 0 Å². The van der Waals surface area contributed by atoms with Gasteiger partial charge in [0.2, 0.25) is 0 Å². The first kappa shape index (κ1) is 17.2. The fourth-order valence-electron chi connectivity index (χ4n) is 2.10. The summed E-state index contributed by atoms with van der Waals surface area (Å²) < 4.78 is 4.98. The van der Waals surface area contributed by atoms with Crippen LogP contribution in [0.15, 0.2) is 24.3 Å². The third-order valence-corrected chi connectivity index (χ3v) is 3.64. The van der Waals surface area contributed by atoms with Crippen molar-refractivity contribution >= 4 is 0 Å². The van der Waals surface area contributed by atoms with Crippen molar-refractivity contribution in [2.24, 2.45) is 0 Å². The minimum Gasteiger partial charge on any atom is -0.385 e. The van der Waals surface area contributed by atoms with E-state index >= 15 is 0 Å². The number of hydrogen-bond donors (Lipinski definition) is 2. The van der Waals surface area contributed by atoms with Crippen LogP contribution in [0.2, 0.25) is 0 Å². The maximum atomic E-state index is 10.6. The zero-order valence-electron chi connectivity index (χ0n) is 13.5. The molecular formula is C17H29NO2. The molecule has 1 atom stereocenters. The SMILES string of the molecule is COCCNCCC(C)(O)c1ccc(C(C)(C)C)cc1. The van der Waals surface area contributed by atoms with E-state index in [-0.39, 0.29) is 5.41 Å². The van der Waals surface area contributed by atoms with E-state index in [9.17, 15) is 5.11 Å². The molecule has 1 unspecified atom stereocenters. The molecular weight excluding hydrogens is 250 g/mol. The molecule has 1 aromatic rings. The summed E-state index contributed by atoms with van der Waals surface area (Å²) in [6.07, 6.45) is 0.686. The van der Waals surface area contributed by atoms with Crippen molar-refractivity contribution in [3.63, 3.8) is 0 Å². The number of ether oxygens (including phenoxy) is 1. The zero-order valence-corrected chi connectivity index (χ0v) is 13.5. The highest BCUT2D eigenvalue weighted by atomic mass is 16.5. The topological polar surface area (TPSA) is 41.5 Å². The molecule has 0 saturated carbocycles. The van der Waals surface area contributed by atoms with Crippen molar-refractivity contribution in [2.75, 3.05) is 26.8 Å². The number of nitrogens with one attached hydrogen (secondary N) is 1. The molecule has 0 aliphatic rings. The number of methoxy groups -OCH3 is 1. The Morgan fingerprint density at radius 1 is 1.00 bits per heavy atom. The summed E-state index contributed by atoms with van der Waals surface area (Å²) in [6, 6.07) is 8.30. The van der Waals surface area contributed by atoms with Crippen LogP contribution in [0.3, 0.4) is 0 Å². The van der Waals surface area contributed by atoms with E-state index in [0.29, 0.717) is 13.0 Å². The molecule has 0 heterocycles. The predicted molar refractivity (Wildman–Crippen MR) is 84.1 cm³/mol. The molecule has 1 aromatic carbocycles. The highest BCUT2D eigenvalue weighted by Gasteiger charge is 2.23. The molecule has 20 heavy (non-hydrogen) atoms. The molecule has 0 radical (unpaired) electrons. The Bertz CT molecular complexity index is 390. The molecule has 0 aliphatic carbocycles. The van der Waals surface area contributed by atoms with Gasteiger partial charge in [-0.1, -0.05) is 45.0 Å². The number of hydrogen-bond acceptors (Lipinski definition) is 3. The van der Waals surface area contributed by atoms with Gasteiger partial charge in [-0.2, -0.15) is 0 Å². The molecule has 1 rings (SSSR count). The first-order chi connectivity index (χ1) is 9.27. The summed E-state index contributed by atoms with van der Waals surface area (Å²) in [5.74, 6) is 0. The highest BCUT2D eigenvalue weighted by Crippen LogP contribution is 2.28. The van der Waals surface area contributed by atoms with Crippen molar-refractivity contribution in [3.8, 4) is 0 Å². The van der Waals surface area contributed by atoms with E-state index in [1.165, 1.54) is 5.56 Å². The Labute approximate surface area is 123 Å². The van der Waals surface area contributed by atoms with Gasteiger partial charge in [-0.3, -0.25) is 0 Å². The van der Waals surface area contributed by atoms with E-state index in [4.69, 9.17) is 4.74 Å². The summed E-state index contributed by atoms with van der Waals surface area (Å²) in [5.41, 5.74) is 1.61. The second kappa shape index (κ2) is 7.21. The van der Waals surface area contributed by atoms with E-state index in [1.54, 1.807) is 7.11 Å². The maximum Gasteiger partial charge on any atom is 0.0880 e. The summed E-state index contributed by atoms with van der Waals surface area (Å²) in [6.45, 7) is 10.7. The van der Waals surface area contributed by atoms with Crippen LogP contribution < -0.4 is 5.32 Å². The maximum absolute atomic E-state index is 10.6. The lowest BCUT2D eigenvalue weighted by molar-refractivity contribution is 0.0475. The van der Waals surface area contributed by atoms with Gasteiger partial charge in [0, 0.05) is 13.7 Å². The zero-order chi connectivity index (χ0) is 15.2. The normalized spacial score (nSPS) is 15.1. The summed E-state index contributed by atoms with van der Waals surface area (Å²) >= 11 is 0. The molecule has 0 aromatic heterocycles. The van der Waals surface area contributed by atoms with E-state index in [2.05, 4.69) is 38.2 Å². The standard InChI is InChI=1S/C17H29NO2/c1-16(2,3)14-6-8-15(9-7-14)17(4,19)10-11-18-12-13-20-5/h6-9,18-19H,10-13H2,1-5H3. The van der Waals surface area contributed by atoms with Crippen LogP contribution in [0, 0.1) is 0 Å². The van der Waals surface area contributed by atoms with Crippen LogP contribution in [0.4, 0.5) is 0 Å². The molecule has 114 valence electrons. The average molecular weight is 279 g/mol. The minimum absolute atomic E-state index is 0.145. The third kappa shape index (κ3) is 5.23. The molecule has 3 nitrogen and oxygen atoms in total. The second-order valence-corrected chi connectivity index (χ2v) is 6.59. The van der Waals surface area contributed by atoms with Crippen molar-refractivity contribution in [2.45, 2.75) is 45.1 Å². The number of benzene rings is 1. The van der Waals surface area contributed by atoms with Gasteiger partial charge in [0.25, 0.3) is 0 Å². The van der Waals surface area contributed by atoms with E-state index in [0.717, 1.165) is 18.7 Å². The van der Waals surface area contributed by atoms with Crippen molar-refractivity contribution in [1.82, 2.24) is 5.32 Å². The van der Waals surface area contributed by atoms with Gasteiger partial charge >= 0.3 is 0 Å². The largest absolute Gasteiger partial charge is 0.385 e. The third-order valence-electron chi connectivity index (χ3n) is 3.64. The molecule has 0 aliphatic heterocycles. The van der Waals surface area contributed by atoms with Crippen LogP contribution >= 0.6 is 0 Å². The Morgan fingerprint density at radius 3 is 2.05 bits per heavy atom. The van der Waals surface area contributed by atoms with Crippen LogP contribution in [-0.2, 0) is 15.8 Å². The molecule has 0 fully saturated rings. The average Bonchev–Trinajstić information content (AvgIpc) is 2.37. The van der Waals surface area contributed by atoms with Crippen LogP contribution in [-0.4, -0.2) is 31.9 Å². The molecule has 0 saturated heterocycles. The van der Waals surface area contributed by atoms with Gasteiger partial charge in [-0.25, -0.2) is 0 Å². The Balaban J connectivity index is 2.58. The Morgan fingerprint density at radius 2 is 1.55 bits per heavy atom. The number of aliphatic hydroxyl groups is 1. The second-order valence-electron chi connectivity index (χ2n) is 6.59. The molecule has 0 spiro atoms. The van der Waals surface area contributed by atoms with Gasteiger partial charge in [-0.05, 0) is 36.4 Å². The lowest BCUT2D eigenvalue weighted by Gasteiger charge is -2.26. The van der Waals surface area contributed by atoms with E-state index < -0.39 is 5.60 Å². The van der Waals surface area contributed by atoms with Crippen molar-refractivity contribution in [1.29, 1.82) is 0 Å². The van der Waals surface area contributed by atoms with Crippen molar-refractivity contribution < 1.29 is 9.84 Å². The summed E-state index contributed by atoms with van der Waals surface area (Å²) in [5, 5.41) is 13.8. The molecule has 2 N–H and O–H groups in total. The van der Waals surface area contributed by atoms with E-state index in [1.807, 2.05) is 19.1 Å². The molecule has 0 amide bonds. The summed E-state index contributed by atoms with van der Waals surface area (Å²) in [7, 11) is 1.69. The smallest absolute Gasteiger partial charge is 0.0880 e.